The van der Waals surface area contributed by atoms with Crippen LogP contribution in [0, 0.1) is 0 Å². The summed E-state index contributed by atoms with van der Waals surface area (Å²) in [4.78, 5) is 11.3. The van der Waals surface area contributed by atoms with Crippen LogP contribution in [0.5, 0.6) is 0 Å². The lowest BCUT2D eigenvalue weighted by Crippen LogP contribution is -2.17. The average Bonchev–Trinajstić information content (AvgIpc) is 2.83. The van der Waals surface area contributed by atoms with E-state index in [0.717, 1.165) is 5.69 Å². The van der Waals surface area contributed by atoms with Crippen LogP contribution in [0.3, 0.4) is 0 Å². The SMILES string of the molecule is COCC(=O)Nc1cccc(-n2cnnn2)c1. The highest BCUT2D eigenvalue weighted by Gasteiger charge is 2.03. The van der Waals surface area contributed by atoms with E-state index in [0.29, 0.717) is 5.69 Å². The lowest BCUT2D eigenvalue weighted by atomic mass is 10.3. The molecule has 17 heavy (non-hydrogen) atoms. The molecule has 1 aromatic carbocycles. The van der Waals surface area contributed by atoms with Gasteiger partial charge in [0.2, 0.25) is 5.91 Å². The van der Waals surface area contributed by atoms with Gasteiger partial charge in [-0.25, -0.2) is 4.68 Å². The summed E-state index contributed by atoms with van der Waals surface area (Å²) in [7, 11) is 1.47. The van der Waals surface area contributed by atoms with Crippen LogP contribution in [-0.2, 0) is 9.53 Å². The van der Waals surface area contributed by atoms with E-state index >= 15 is 0 Å². The summed E-state index contributed by atoms with van der Waals surface area (Å²) >= 11 is 0. The molecule has 88 valence electrons. The number of hydrogen-bond acceptors (Lipinski definition) is 5. The van der Waals surface area contributed by atoms with Crippen LogP contribution in [0.1, 0.15) is 0 Å². The molecule has 0 aliphatic rings. The first-order chi connectivity index (χ1) is 8.29. The summed E-state index contributed by atoms with van der Waals surface area (Å²) in [6.45, 7) is 0.0229. The van der Waals surface area contributed by atoms with Crippen LogP contribution in [-0.4, -0.2) is 39.8 Å². The molecule has 1 amide bonds. The molecule has 1 heterocycles. The Morgan fingerprint density at radius 2 is 2.41 bits per heavy atom. The molecule has 0 saturated carbocycles. The smallest absolute Gasteiger partial charge is 0.250 e. The molecular weight excluding hydrogens is 222 g/mol. The van der Waals surface area contributed by atoms with Crippen LogP contribution < -0.4 is 5.32 Å². The molecule has 0 spiro atoms. The summed E-state index contributed by atoms with van der Waals surface area (Å²) in [6, 6.07) is 7.19. The Bertz CT molecular complexity index is 497. The molecule has 0 fully saturated rings. The second-order valence-corrected chi connectivity index (χ2v) is 3.29. The number of ether oxygens (including phenoxy) is 1. The van der Waals surface area contributed by atoms with Crippen LogP contribution in [0.25, 0.3) is 5.69 Å². The first-order valence-corrected chi connectivity index (χ1v) is 4.92. The number of carbonyl (C=O) groups is 1. The van der Waals surface area contributed by atoms with Gasteiger partial charge < -0.3 is 10.1 Å². The largest absolute Gasteiger partial charge is 0.375 e. The maximum Gasteiger partial charge on any atom is 0.250 e. The van der Waals surface area contributed by atoms with Crippen molar-refractivity contribution in [1.29, 1.82) is 0 Å². The Morgan fingerprint density at radius 3 is 3.12 bits per heavy atom. The molecule has 0 aliphatic heterocycles. The number of carbonyl (C=O) groups excluding carboxylic acids is 1. The van der Waals surface area contributed by atoms with Gasteiger partial charge in [0.25, 0.3) is 0 Å². The number of rotatable bonds is 4. The predicted molar refractivity (Wildman–Crippen MR) is 59.7 cm³/mol. The number of nitrogens with one attached hydrogen (secondary N) is 1. The van der Waals surface area contributed by atoms with Gasteiger partial charge in [-0.1, -0.05) is 6.07 Å². The third kappa shape index (κ3) is 2.85. The highest BCUT2D eigenvalue weighted by atomic mass is 16.5. The van der Waals surface area contributed by atoms with E-state index < -0.39 is 0 Å². The van der Waals surface area contributed by atoms with Crippen LogP contribution in [0.4, 0.5) is 5.69 Å². The molecule has 0 aliphatic carbocycles. The predicted octanol–water partition coefficient (Wildman–Crippen LogP) is 0.247. The van der Waals surface area contributed by atoms with Gasteiger partial charge in [-0.2, -0.15) is 0 Å². The number of nitrogens with zero attached hydrogens (tertiary/aromatic N) is 4. The molecule has 7 heteroatoms. The zero-order valence-corrected chi connectivity index (χ0v) is 9.20. The number of methoxy groups -OCH3 is 1. The van der Waals surface area contributed by atoms with Gasteiger partial charge in [0.05, 0.1) is 5.69 Å². The Labute approximate surface area is 97.4 Å². The lowest BCUT2D eigenvalue weighted by Gasteiger charge is -2.06. The molecule has 1 N–H and O–H groups in total. The van der Waals surface area contributed by atoms with Gasteiger partial charge in [-0.3, -0.25) is 4.79 Å². The molecule has 2 rings (SSSR count). The van der Waals surface area contributed by atoms with Crippen molar-refractivity contribution in [3.63, 3.8) is 0 Å². The van der Waals surface area contributed by atoms with Gasteiger partial charge in [0.1, 0.15) is 12.9 Å². The van der Waals surface area contributed by atoms with E-state index in [-0.39, 0.29) is 12.5 Å². The summed E-state index contributed by atoms with van der Waals surface area (Å²) in [6.07, 6.45) is 1.48. The Kier molecular flexibility index (Phi) is 3.41. The fourth-order valence-corrected chi connectivity index (χ4v) is 1.33. The van der Waals surface area contributed by atoms with Gasteiger partial charge in [-0.15, -0.1) is 5.10 Å². The number of anilines is 1. The van der Waals surface area contributed by atoms with Crippen molar-refractivity contribution in [2.24, 2.45) is 0 Å². The maximum absolute atomic E-state index is 11.3. The van der Waals surface area contributed by atoms with Gasteiger partial charge >= 0.3 is 0 Å². The topological polar surface area (TPSA) is 81.9 Å². The molecule has 0 unspecified atom stereocenters. The van der Waals surface area contributed by atoms with Crippen LogP contribution in [0.2, 0.25) is 0 Å². The van der Waals surface area contributed by atoms with Crippen molar-refractivity contribution in [2.75, 3.05) is 19.0 Å². The molecule has 1 aromatic heterocycles. The lowest BCUT2D eigenvalue weighted by molar-refractivity contribution is -0.119. The van der Waals surface area contributed by atoms with Crippen LogP contribution in [0.15, 0.2) is 30.6 Å². The maximum atomic E-state index is 11.3. The second-order valence-electron chi connectivity index (χ2n) is 3.29. The van der Waals surface area contributed by atoms with Crippen LogP contribution >= 0.6 is 0 Å². The molecule has 0 radical (unpaired) electrons. The normalized spacial score (nSPS) is 10.2. The minimum atomic E-state index is -0.207. The third-order valence-electron chi connectivity index (χ3n) is 2.02. The standard InChI is InChI=1S/C10H11N5O2/c1-17-6-10(16)12-8-3-2-4-9(5-8)15-7-11-13-14-15/h2-5,7H,6H2,1H3,(H,12,16). The Balaban J connectivity index is 2.15. The number of hydrogen-bond donors (Lipinski definition) is 1. The number of tetrazole rings is 1. The van der Waals surface area contributed by atoms with E-state index in [9.17, 15) is 4.79 Å². The van der Waals surface area contributed by atoms with Crippen molar-refractivity contribution in [2.45, 2.75) is 0 Å². The molecule has 0 atom stereocenters. The monoisotopic (exact) mass is 233 g/mol. The third-order valence-corrected chi connectivity index (χ3v) is 2.02. The zero-order chi connectivity index (χ0) is 12.1. The van der Waals surface area contributed by atoms with Gasteiger partial charge in [0.15, 0.2) is 0 Å². The van der Waals surface area contributed by atoms with Crippen molar-refractivity contribution < 1.29 is 9.53 Å². The quantitative estimate of drug-likeness (QED) is 0.818. The minimum absolute atomic E-state index is 0.0229. The summed E-state index contributed by atoms with van der Waals surface area (Å²) < 4.78 is 6.23. The number of aromatic nitrogens is 4. The van der Waals surface area contributed by atoms with Crippen molar-refractivity contribution >= 4 is 11.6 Å². The van der Waals surface area contributed by atoms with E-state index in [1.54, 1.807) is 18.2 Å². The minimum Gasteiger partial charge on any atom is -0.375 e. The van der Waals surface area contributed by atoms with E-state index in [4.69, 9.17) is 4.74 Å². The second kappa shape index (κ2) is 5.17. The molecule has 2 aromatic rings. The Hall–Kier alpha value is -2.28. The van der Waals surface area contributed by atoms with Crippen molar-refractivity contribution in [3.05, 3.63) is 30.6 Å². The Morgan fingerprint density at radius 1 is 1.53 bits per heavy atom. The average molecular weight is 233 g/mol. The van der Waals surface area contributed by atoms with E-state index in [2.05, 4.69) is 20.8 Å². The summed E-state index contributed by atoms with van der Waals surface area (Å²) in [5, 5.41) is 13.5. The molecule has 0 saturated heterocycles. The van der Waals surface area contributed by atoms with Crippen molar-refractivity contribution in [3.8, 4) is 5.69 Å². The number of amides is 1. The zero-order valence-electron chi connectivity index (χ0n) is 9.20. The number of benzene rings is 1. The highest BCUT2D eigenvalue weighted by Crippen LogP contribution is 2.12. The summed E-state index contributed by atoms with van der Waals surface area (Å²) in [5.41, 5.74) is 1.44. The molecule has 7 nitrogen and oxygen atoms in total. The van der Waals surface area contributed by atoms with E-state index in [1.165, 1.54) is 18.1 Å². The highest BCUT2D eigenvalue weighted by molar-refractivity contribution is 5.91. The summed E-state index contributed by atoms with van der Waals surface area (Å²) in [5.74, 6) is -0.207. The van der Waals surface area contributed by atoms with E-state index in [1.807, 2.05) is 6.07 Å². The van der Waals surface area contributed by atoms with Crippen molar-refractivity contribution in [1.82, 2.24) is 20.2 Å². The first kappa shape index (κ1) is 11.2. The first-order valence-electron chi connectivity index (χ1n) is 4.92. The molecular formula is C10H11N5O2. The molecule has 0 bridgehead atoms. The van der Waals surface area contributed by atoms with Gasteiger partial charge in [-0.05, 0) is 28.6 Å². The van der Waals surface area contributed by atoms with Gasteiger partial charge in [0, 0.05) is 12.8 Å². The fourth-order valence-electron chi connectivity index (χ4n) is 1.33. The fraction of sp³-hybridized carbons (Fsp3) is 0.200.